The number of sulfonamides is 1. The van der Waals surface area contributed by atoms with Crippen LogP contribution in [0.4, 0.5) is 11.4 Å². The summed E-state index contributed by atoms with van der Waals surface area (Å²) >= 11 is 0. The van der Waals surface area contributed by atoms with Crippen molar-refractivity contribution in [3.63, 3.8) is 0 Å². The van der Waals surface area contributed by atoms with E-state index in [1.807, 2.05) is 13.0 Å². The van der Waals surface area contributed by atoms with Crippen LogP contribution in [0.5, 0.6) is 11.5 Å². The number of carbonyl (C=O) groups excluding carboxylic acids is 1. The Morgan fingerprint density at radius 1 is 0.903 bits per heavy atom. The molecular weight excluding hydrogens is 416 g/mol. The fraction of sp³-hybridized carbons (Fsp3) is 0.174. The molecule has 8 heteroatoms. The molecule has 7 nitrogen and oxygen atoms in total. The van der Waals surface area contributed by atoms with E-state index in [0.717, 1.165) is 9.87 Å². The molecule has 3 aromatic carbocycles. The van der Waals surface area contributed by atoms with Crippen molar-refractivity contribution >= 4 is 27.3 Å². The van der Waals surface area contributed by atoms with E-state index >= 15 is 0 Å². The van der Waals surface area contributed by atoms with Crippen LogP contribution in [-0.4, -0.2) is 35.6 Å². The molecule has 0 atom stereocenters. The first-order valence-corrected chi connectivity index (χ1v) is 10.9. The van der Waals surface area contributed by atoms with Crippen molar-refractivity contribution in [1.29, 1.82) is 0 Å². The number of methoxy groups -OCH3 is 2. The standard InChI is InChI=1S/C23H24N2O5S/c1-16-9-14-21(29-3)19(15-16)24-23(26)17-10-12-18(13-11-17)31(27,28)25(2)20-7-5-6-8-22(20)30-4/h5-15H,1-4H3,(H,24,26). The minimum absolute atomic E-state index is 0.0607. The van der Waals surface area contributed by atoms with Crippen LogP contribution in [0.15, 0.2) is 71.6 Å². The molecule has 0 aliphatic heterocycles. The summed E-state index contributed by atoms with van der Waals surface area (Å²) in [7, 11) is 0.624. The van der Waals surface area contributed by atoms with Crippen LogP contribution in [0.2, 0.25) is 0 Å². The molecule has 1 N–H and O–H groups in total. The number of rotatable bonds is 7. The van der Waals surface area contributed by atoms with Crippen molar-refractivity contribution in [2.75, 3.05) is 30.9 Å². The van der Waals surface area contributed by atoms with Crippen molar-refractivity contribution in [2.45, 2.75) is 11.8 Å². The van der Waals surface area contributed by atoms with Crippen LogP contribution < -0.4 is 19.1 Å². The predicted octanol–water partition coefficient (Wildman–Crippen LogP) is 4.09. The minimum atomic E-state index is -3.84. The van der Waals surface area contributed by atoms with Crippen molar-refractivity contribution in [2.24, 2.45) is 0 Å². The number of hydrogen-bond donors (Lipinski definition) is 1. The monoisotopic (exact) mass is 440 g/mol. The molecule has 0 aromatic heterocycles. The fourth-order valence-electron chi connectivity index (χ4n) is 3.07. The molecule has 1 amide bonds. The molecule has 0 saturated carbocycles. The second-order valence-electron chi connectivity index (χ2n) is 6.83. The summed E-state index contributed by atoms with van der Waals surface area (Å²) in [5.41, 5.74) is 2.25. The Hall–Kier alpha value is -3.52. The maximum atomic E-state index is 13.0. The molecule has 3 aromatic rings. The lowest BCUT2D eigenvalue weighted by molar-refractivity contribution is 0.102. The second kappa shape index (κ2) is 9.09. The Morgan fingerprint density at radius 3 is 2.19 bits per heavy atom. The molecule has 31 heavy (non-hydrogen) atoms. The summed E-state index contributed by atoms with van der Waals surface area (Å²) in [4.78, 5) is 12.7. The van der Waals surface area contributed by atoms with Crippen LogP contribution in [0.25, 0.3) is 0 Å². The Balaban J connectivity index is 1.84. The zero-order valence-corrected chi connectivity index (χ0v) is 18.6. The van der Waals surface area contributed by atoms with Crippen molar-refractivity contribution in [3.05, 3.63) is 77.9 Å². The zero-order valence-electron chi connectivity index (χ0n) is 17.7. The van der Waals surface area contributed by atoms with Gasteiger partial charge in [0, 0.05) is 12.6 Å². The number of para-hydroxylation sites is 2. The molecule has 0 fully saturated rings. The average Bonchev–Trinajstić information content (AvgIpc) is 2.78. The van der Waals surface area contributed by atoms with Crippen molar-refractivity contribution < 1.29 is 22.7 Å². The van der Waals surface area contributed by atoms with Gasteiger partial charge in [0.05, 0.1) is 30.5 Å². The first-order chi connectivity index (χ1) is 14.8. The Labute approximate surface area is 182 Å². The van der Waals surface area contributed by atoms with E-state index < -0.39 is 10.0 Å². The van der Waals surface area contributed by atoms with Gasteiger partial charge in [-0.25, -0.2) is 8.42 Å². The predicted molar refractivity (Wildman–Crippen MR) is 121 cm³/mol. The highest BCUT2D eigenvalue weighted by atomic mass is 32.2. The third kappa shape index (κ3) is 4.64. The molecule has 3 rings (SSSR count). The van der Waals surface area contributed by atoms with E-state index in [4.69, 9.17) is 9.47 Å². The third-order valence-electron chi connectivity index (χ3n) is 4.80. The van der Waals surface area contributed by atoms with Gasteiger partial charge in [0.25, 0.3) is 15.9 Å². The highest BCUT2D eigenvalue weighted by molar-refractivity contribution is 7.92. The highest BCUT2D eigenvalue weighted by Gasteiger charge is 2.24. The first-order valence-electron chi connectivity index (χ1n) is 9.46. The van der Waals surface area contributed by atoms with Gasteiger partial charge >= 0.3 is 0 Å². The number of ether oxygens (including phenoxy) is 2. The van der Waals surface area contributed by atoms with Gasteiger partial charge in [0.2, 0.25) is 0 Å². The lowest BCUT2D eigenvalue weighted by Gasteiger charge is -2.21. The smallest absolute Gasteiger partial charge is 0.264 e. The highest BCUT2D eigenvalue weighted by Crippen LogP contribution is 2.31. The van der Waals surface area contributed by atoms with E-state index in [1.54, 1.807) is 36.4 Å². The van der Waals surface area contributed by atoms with Crippen LogP contribution in [-0.2, 0) is 10.0 Å². The summed E-state index contributed by atoms with van der Waals surface area (Å²) in [5, 5.41) is 2.80. The molecule has 0 heterocycles. The normalized spacial score (nSPS) is 11.0. The number of nitrogens with one attached hydrogen (secondary N) is 1. The number of anilines is 2. The van der Waals surface area contributed by atoms with Crippen molar-refractivity contribution in [3.8, 4) is 11.5 Å². The molecule has 0 aliphatic rings. The van der Waals surface area contributed by atoms with Gasteiger partial charge in [-0.1, -0.05) is 18.2 Å². The molecule has 0 unspecified atom stereocenters. The van der Waals surface area contributed by atoms with Gasteiger partial charge in [-0.3, -0.25) is 9.10 Å². The number of aryl methyl sites for hydroxylation is 1. The maximum Gasteiger partial charge on any atom is 0.264 e. The SMILES string of the molecule is COc1ccc(C)cc1NC(=O)c1ccc(S(=O)(=O)N(C)c2ccccc2OC)cc1. The van der Waals surface area contributed by atoms with Gasteiger partial charge in [0.15, 0.2) is 0 Å². The van der Waals surface area contributed by atoms with Gasteiger partial charge in [-0.15, -0.1) is 0 Å². The molecule has 0 spiro atoms. The molecule has 0 bridgehead atoms. The second-order valence-corrected chi connectivity index (χ2v) is 8.80. The molecular formula is C23H24N2O5S. The van der Waals surface area contributed by atoms with E-state index in [2.05, 4.69) is 5.32 Å². The Kier molecular flexibility index (Phi) is 6.50. The van der Waals surface area contributed by atoms with Crippen LogP contribution >= 0.6 is 0 Å². The zero-order chi connectivity index (χ0) is 22.6. The number of hydrogen-bond acceptors (Lipinski definition) is 5. The third-order valence-corrected chi connectivity index (χ3v) is 6.59. The molecule has 162 valence electrons. The summed E-state index contributed by atoms with van der Waals surface area (Å²) in [5.74, 6) is 0.610. The molecule has 0 saturated heterocycles. The van der Waals surface area contributed by atoms with Crippen LogP contribution in [0.3, 0.4) is 0 Å². The minimum Gasteiger partial charge on any atom is -0.495 e. The van der Waals surface area contributed by atoms with E-state index in [1.165, 1.54) is 45.5 Å². The van der Waals surface area contributed by atoms with E-state index in [9.17, 15) is 13.2 Å². The average molecular weight is 441 g/mol. The topological polar surface area (TPSA) is 84.9 Å². The summed E-state index contributed by atoms with van der Waals surface area (Å²) in [6.45, 7) is 1.91. The molecule has 0 radical (unpaired) electrons. The van der Waals surface area contributed by atoms with Gasteiger partial charge in [-0.2, -0.15) is 0 Å². The Bertz CT molecular complexity index is 1190. The number of benzene rings is 3. The van der Waals surface area contributed by atoms with Crippen LogP contribution in [0.1, 0.15) is 15.9 Å². The van der Waals surface area contributed by atoms with Crippen LogP contribution in [0, 0.1) is 6.92 Å². The summed E-state index contributed by atoms with van der Waals surface area (Å²) in [6, 6.07) is 18.1. The first kappa shape index (κ1) is 22.2. The summed E-state index contributed by atoms with van der Waals surface area (Å²) < 4.78 is 37.8. The van der Waals surface area contributed by atoms with Crippen molar-refractivity contribution in [1.82, 2.24) is 0 Å². The summed E-state index contributed by atoms with van der Waals surface area (Å²) in [6.07, 6.45) is 0. The molecule has 0 aliphatic carbocycles. The fourth-order valence-corrected chi connectivity index (χ4v) is 4.28. The van der Waals surface area contributed by atoms with Gasteiger partial charge < -0.3 is 14.8 Å². The Morgan fingerprint density at radius 2 is 1.55 bits per heavy atom. The van der Waals surface area contributed by atoms with Gasteiger partial charge in [-0.05, 0) is 61.0 Å². The lowest BCUT2D eigenvalue weighted by atomic mass is 10.1. The van der Waals surface area contributed by atoms with E-state index in [-0.39, 0.29) is 10.8 Å². The number of nitrogens with zero attached hydrogens (tertiary/aromatic N) is 1. The van der Waals surface area contributed by atoms with Gasteiger partial charge in [0.1, 0.15) is 11.5 Å². The maximum absolute atomic E-state index is 13.0. The lowest BCUT2D eigenvalue weighted by Crippen LogP contribution is -2.27. The number of amides is 1. The quantitative estimate of drug-likeness (QED) is 0.598. The van der Waals surface area contributed by atoms with E-state index in [0.29, 0.717) is 28.4 Å². The largest absolute Gasteiger partial charge is 0.495 e. The number of carbonyl (C=O) groups is 1.